The molecule has 0 unspecified atom stereocenters. The van der Waals surface area contributed by atoms with Crippen LogP contribution in [0.1, 0.15) is 51.0 Å². The third kappa shape index (κ3) is 5.79. The van der Waals surface area contributed by atoms with Crippen molar-refractivity contribution >= 4 is 29.0 Å². The fourth-order valence-corrected chi connectivity index (χ4v) is 4.72. The molecule has 1 aliphatic rings. The average molecular weight is 416 g/mol. The molecular weight excluding hydrogens is 386 g/mol. The quantitative estimate of drug-likeness (QED) is 0.650. The molecular formula is C22H29N3O3S. The number of aromatic nitrogens is 1. The Labute approximate surface area is 176 Å². The number of amides is 2. The minimum absolute atomic E-state index is 0.144. The van der Waals surface area contributed by atoms with Gasteiger partial charge in [-0.25, -0.2) is 9.78 Å². The van der Waals surface area contributed by atoms with E-state index in [1.807, 2.05) is 44.3 Å². The average Bonchev–Trinajstić information content (AvgIpc) is 3.16. The van der Waals surface area contributed by atoms with Crippen molar-refractivity contribution in [2.24, 2.45) is 5.41 Å². The third-order valence-corrected chi connectivity index (χ3v) is 6.30. The fourth-order valence-electron chi connectivity index (χ4n) is 3.57. The number of methoxy groups -OCH3 is 1. The van der Waals surface area contributed by atoms with Crippen LogP contribution in [0, 0.1) is 5.41 Å². The van der Waals surface area contributed by atoms with Crippen molar-refractivity contribution in [1.82, 2.24) is 10.3 Å². The van der Waals surface area contributed by atoms with Crippen molar-refractivity contribution in [3.8, 4) is 10.4 Å². The highest BCUT2D eigenvalue weighted by molar-refractivity contribution is 7.15. The van der Waals surface area contributed by atoms with Crippen molar-refractivity contribution < 1.29 is 14.3 Å². The van der Waals surface area contributed by atoms with Crippen LogP contribution in [0.4, 0.5) is 10.5 Å². The standard InChI is InChI=1S/C22H29N3O3S/c1-22(2,20(26)28-3)13-19-23-14-18(29-19)15-9-11-17(12-10-15)25-21(27)24-16-7-5-4-6-8-16/h9-12,14,16H,4-8,13H2,1-3H3,(H2,24,25,27). The van der Waals surface area contributed by atoms with Gasteiger partial charge in [0.05, 0.1) is 22.4 Å². The number of esters is 1. The number of carbonyl (C=O) groups is 2. The van der Waals surface area contributed by atoms with Crippen LogP contribution in [0.3, 0.4) is 0 Å². The molecule has 6 nitrogen and oxygen atoms in total. The summed E-state index contributed by atoms with van der Waals surface area (Å²) in [5.41, 5.74) is 1.19. The van der Waals surface area contributed by atoms with Crippen LogP contribution >= 0.6 is 11.3 Å². The Balaban J connectivity index is 1.58. The Bertz CT molecular complexity index is 839. The summed E-state index contributed by atoms with van der Waals surface area (Å²) >= 11 is 1.57. The van der Waals surface area contributed by atoms with E-state index in [0.29, 0.717) is 6.42 Å². The number of nitrogens with one attached hydrogen (secondary N) is 2. The van der Waals surface area contributed by atoms with Crippen LogP contribution in [-0.4, -0.2) is 30.1 Å². The molecule has 1 aliphatic carbocycles. The number of hydrogen-bond donors (Lipinski definition) is 2. The second-order valence-corrected chi connectivity index (χ2v) is 9.30. The molecule has 1 heterocycles. The summed E-state index contributed by atoms with van der Waals surface area (Å²) < 4.78 is 4.87. The molecule has 0 aliphatic heterocycles. The lowest BCUT2D eigenvalue weighted by Crippen LogP contribution is -2.38. The molecule has 1 saturated carbocycles. The molecule has 7 heteroatoms. The number of ether oxygens (including phenoxy) is 1. The summed E-state index contributed by atoms with van der Waals surface area (Å²) in [6.07, 6.45) is 8.12. The first-order valence-electron chi connectivity index (χ1n) is 10.1. The lowest BCUT2D eigenvalue weighted by molar-refractivity contribution is -0.150. The Morgan fingerprint density at radius 3 is 2.52 bits per heavy atom. The molecule has 1 fully saturated rings. The SMILES string of the molecule is COC(=O)C(C)(C)Cc1ncc(-c2ccc(NC(=O)NC3CCCCC3)cc2)s1. The van der Waals surface area contributed by atoms with Gasteiger partial charge in [-0.1, -0.05) is 31.4 Å². The first-order chi connectivity index (χ1) is 13.9. The van der Waals surface area contributed by atoms with E-state index in [0.717, 1.165) is 34.0 Å². The molecule has 0 spiro atoms. The molecule has 2 N–H and O–H groups in total. The number of urea groups is 1. The van der Waals surface area contributed by atoms with Gasteiger partial charge in [-0.3, -0.25) is 4.79 Å². The van der Waals surface area contributed by atoms with Crippen LogP contribution in [-0.2, 0) is 16.0 Å². The molecule has 1 aromatic carbocycles. The van der Waals surface area contributed by atoms with Gasteiger partial charge in [0.1, 0.15) is 0 Å². The van der Waals surface area contributed by atoms with Gasteiger partial charge in [0.2, 0.25) is 0 Å². The summed E-state index contributed by atoms with van der Waals surface area (Å²) in [6, 6.07) is 7.88. The van der Waals surface area contributed by atoms with Crippen molar-refractivity contribution in [2.75, 3.05) is 12.4 Å². The highest BCUT2D eigenvalue weighted by Gasteiger charge is 2.30. The lowest BCUT2D eigenvalue weighted by atomic mass is 9.90. The molecule has 2 amide bonds. The Morgan fingerprint density at radius 1 is 1.17 bits per heavy atom. The first kappa shape index (κ1) is 21.3. The van der Waals surface area contributed by atoms with E-state index in [2.05, 4.69) is 15.6 Å². The normalized spacial score (nSPS) is 15.0. The maximum absolute atomic E-state index is 12.2. The van der Waals surface area contributed by atoms with Gasteiger partial charge in [0.25, 0.3) is 0 Å². The Kier molecular flexibility index (Phi) is 6.90. The minimum Gasteiger partial charge on any atom is -0.469 e. The Hall–Kier alpha value is -2.41. The maximum Gasteiger partial charge on any atom is 0.319 e. The van der Waals surface area contributed by atoms with Crippen LogP contribution in [0.5, 0.6) is 0 Å². The molecule has 0 radical (unpaired) electrons. The predicted molar refractivity (Wildman–Crippen MR) is 116 cm³/mol. The zero-order valence-corrected chi connectivity index (χ0v) is 18.1. The molecule has 1 aromatic heterocycles. The summed E-state index contributed by atoms with van der Waals surface area (Å²) in [5, 5.41) is 6.86. The van der Waals surface area contributed by atoms with E-state index in [1.165, 1.54) is 26.4 Å². The highest BCUT2D eigenvalue weighted by Crippen LogP contribution is 2.31. The fraction of sp³-hybridized carbons (Fsp3) is 0.500. The summed E-state index contributed by atoms with van der Waals surface area (Å²) in [7, 11) is 1.41. The van der Waals surface area contributed by atoms with Gasteiger partial charge in [0, 0.05) is 24.3 Å². The van der Waals surface area contributed by atoms with Crippen LogP contribution < -0.4 is 10.6 Å². The highest BCUT2D eigenvalue weighted by atomic mass is 32.1. The first-order valence-corrected chi connectivity index (χ1v) is 10.9. The molecule has 0 bridgehead atoms. The molecule has 3 rings (SSSR count). The van der Waals surface area contributed by atoms with E-state index in [1.54, 1.807) is 11.3 Å². The van der Waals surface area contributed by atoms with Gasteiger partial charge in [-0.2, -0.15) is 0 Å². The van der Waals surface area contributed by atoms with Crippen LogP contribution in [0.2, 0.25) is 0 Å². The van der Waals surface area contributed by atoms with Gasteiger partial charge >= 0.3 is 12.0 Å². The van der Waals surface area contributed by atoms with E-state index in [4.69, 9.17) is 4.74 Å². The van der Waals surface area contributed by atoms with Gasteiger partial charge in [0.15, 0.2) is 0 Å². The number of anilines is 1. The minimum atomic E-state index is -0.608. The van der Waals surface area contributed by atoms with E-state index in [9.17, 15) is 9.59 Å². The zero-order valence-electron chi connectivity index (χ0n) is 17.3. The molecule has 29 heavy (non-hydrogen) atoms. The Morgan fingerprint density at radius 2 is 1.86 bits per heavy atom. The zero-order chi connectivity index (χ0) is 20.9. The largest absolute Gasteiger partial charge is 0.469 e. The lowest BCUT2D eigenvalue weighted by Gasteiger charge is -2.22. The predicted octanol–water partition coefficient (Wildman–Crippen LogP) is 5.01. The van der Waals surface area contributed by atoms with Crippen molar-refractivity contribution in [1.29, 1.82) is 0 Å². The maximum atomic E-state index is 12.2. The van der Waals surface area contributed by atoms with Crippen LogP contribution in [0.25, 0.3) is 10.4 Å². The number of nitrogens with zero attached hydrogens (tertiary/aromatic N) is 1. The number of benzene rings is 1. The number of carbonyl (C=O) groups excluding carboxylic acids is 2. The number of rotatable bonds is 6. The van der Waals surface area contributed by atoms with Crippen molar-refractivity contribution in [3.63, 3.8) is 0 Å². The van der Waals surface area contributed by atoms with Gasteiger partial charge < -0.3 is 15.4 Å². The molecule has 0 atom stereocenters. The topological polar surface area (TPSA) is 80.3 Å². The molecule has 0 saturated heterocycles. The second-order valence-electron chi connectivity index (χ2n) is 8.18. The summed E-state index contributed by atoms with van der Waals surface area (Å²) in [6.45, 7) is 3.72. The summed E-state index contributed by atoms with van der Waals surface area (Å²) in [5.74, 6) is -0.240. The third-order valence-electron chi connectivity index (χ3n) is 5.25. The monoisotopic (exact) mass is 415 g/mol. The van der Waals surface area contributed by atoms with Gasteiger partial charge in [-0.15, -0.1) is 11.3 Å². The van der Waals surface area contributed by atoms with E-state index >= 15 is 0 Å². The van der Waals surface area contributed by atoms with Crippen molar-refractivity contribution in [3.05, 3.63) is 35.5 Å². The van der Waals surface area contributed by atoms with Crippen molar-refractivity contribution in [2.45, 2.75) is 58.4 Å². The van der Waals surface area contributed by atoms with E-state index in [-0.39, 0.29) is 18.0 Å². The molecule has 156 valence electrons. The smallest absolute Gasteiger partial charge is 0.319 e. The second kappa shape index (κ2) is 9.39. The van der Waals surface area contributed by atoms with Gasteiger partial charge in [-0.05, 0) is 44.4 Å². The van der Waals surface area contributed by atoms with E-state index < -0.39 is 5.41 Å². The number of hydrogen-bond acceptors (Lipinski definition) is 5. The van der Waals surface area contributed by atoms with Crippen LogP contribution in [0.15, 0.2) is 30.5 Å². The number of thiazole rings is 1. The molecule has 2 aromatic rings. The summed E-state index contributed by atoms with van der Waals surface area (Å²) in [4.78, 5) is 29.6.